The van der Waals surface area contributed by atoms with E-state index in [0.29, 0.717) is 0 Å². The maximum atomic E-state index is 4.73. The zero-order valence-corrected chi connectivity index (χ0v) is 20.0. The van der Waals surface area contributed by atoms with Crippen LogP contribution in [0.5, 0.6) is 0 Å². The normalized spacial score (nSPS) is 14.0. The van der Waals surface area contributed by atoms with Crippen LogP contribution in [0.15, 0.2) is 14.7 Å². The summed E-state index contributed by atoms with van der Waals surface area (Å²) in [7, 11) is 0. The Labute approximate surface area is 151 Å². The van der Waals surface area contributed by atoms with E-state index < -0.39 is 18.4 Å². The average Bonchev–Trinajstić information content (AvgIpc) is 2.50. The summed E-state index contributed by atoms with van der Waals surface area (Å²) in [5.74, 6) is 0. The second-order valence-electron chi connectivity index (χ2n) is 8.09. The van der Waals surface area contributed by atoms with Crippen molar-refractivity contribution in [2.24, 2.45) is 4.99 Å². The van der Waals surface area contributed by atoms with E-state index in [1.54, 1.807) is 13.3 Å². The van der Waals surface area contributed by atoms with Crippen LogP contribution in [-0.4, -0.2) is 30.1 Å². The van der Waals surface area contributed by atoms with Gasteiger partial charge in [-0.15, -0.1) is 0 Å². The van der Waals surface area contributed by atoms with Crippen molar-refractivity contribution >= 4 is 24.6 Å². The molecule has 0 fully saturated rings. The Balaban J connectivity index is 5.49. The summed E-state index contributed by atoms with van der Waals surface area (Å²) in [5.41, 5.74) is 0.0454. The Bertz CT molecular complexity index is 328. The number of nitrogens with zero attached hydrogens (tertiary/aromatic N) is 1. The SMILES string of the molecule is CCC[CH2][Sn]([CH2]CCC)([CH2]CCC)/[C](=C\C=NC(C)(C)C)CC. The molecular weight excluding hydrogens is 385 g/mol. The van der Waals surface area contributed by atoms with Crippen molar-refractivity contribution < 1.29 is 0 Å². The second-order valence-corrected chi connectivity index (χ2v) is 21.5. The van der Waals surface area contributed by atoms with E-state index in [1.165, 1.54) is 44.9 Å². The van der Waals surface area contributed by atoms with Gasteiger partial charge < -0.3 is 0 Å². The summed E-state index contributed by atoms with van der Waals surface area (Å²) >= 11 is -2.20. The van der Waals surface area contributed by atoms with Crippen LogP contribution in [0.3, 0.4) is 0 Å². The van der Waals surface area contributed by atoms with Crippen LogP contribution in [0.25, 0.3) is 0 Å². The Morgan fingerprint density at radius 2 is 1.26 bits per heavy atom. The monoisotopic (exact) mass is 429 g/mol. The quantitative estimate of drug-likeness (QED) is 0.224. The molecule has 0 aliphatic carbocycles. The van der Waals surface area contributed by atoms with Gasteiger partial charge in [0, 0.05) is 0 Å². The predicted octanol–water partition coefficient (Wildman–Crippen LogP) is 7.58. The van der Waals surface area contributed by atoms with Crippen LogP contribution in [-0.2, 0) is 0 Å². The summed E-state index contributed by atoms with van der Waals surface area (Å²) in [5, 5.41) is 0. The number of hydrogen-bond acceptors (Lipinski definition) is 1. The average molecular weight is 428 g/mol. The number of allylic oxidation sites excluding steroid dienone is 2. The third kappa shape index (κ3) is 9.94. The van der Waals surface area contributed by atoms with Crippen LogP contribution < -0.4 is 0 Å². The van der Waals surface area contributed by atoms with E-state index in [1.807, 2.05) is 3.59 Å². The minimum atomic E-state index is -2.20. The molecule has 0 N–H and O–H groups in total. The van der Waals surface area contributed by atoms with Crippen LogP contribution in [0.2, 0.25) is 13.3 Å². The molecule has 0 aliphatic rings. The van der Waals surface area contributed by atoms with Gasteiger partial charge in [-0.2, -0.15) is 0 Å². The first-order valence-electron chi connectivity index (χ1n) is 10.1. The third-order valence-electron chi connectivity index (χ3n) is 4.83. The number of hydrogen-bond donors (Lipinski definition) is 0. The topological polar surface area (TPSA) is 12.4 Å². The van der Waals surface area contributed by atoms with E-state index in [9.17, 15) is 0 Å². The first-order chi connectivity index (χ1) is 10.8. The van der Waals surface area contributed by atoms with Gasteiger partial charge in [-0.25, -0.2) is 0 Å². The standard InChI is InChI=1S/C9H16N.3C4H9.Sn/c1-5-6-7-8-10-9(2,3)4;3*1-3-4-2;/h7-8H,5H2,1-4H3;3*1,3-4H2,2H3;. The molecule has 23 heavy (non-hydrogen) atoms. The van der Waals surface area contributed by atoms with Crippen LogP contribution in [0, 0.1) is 0 Å². The van der Waals surface area contributed by atoms with Gasteiger partial charge in [0.1, 0.15) is 0 Å². The molecule has 0 amide bonds. The molecule has 0 saturated carbocycles. The predicted molar refractivity (Wildman–Crippen MR) is 112 cm³/mol. The Morgan fingerprint density at radius 3 is 1.57 bits per heavy atom. The van der Waals surface area contributed by atoms with E-state index in [2.05, 4.69) is 60.8 Å². The summed E-state index contributed by atoms with van der Waals surface area (Å²) in [6, 6.07) is 0. The number of aliphatic imine (C=N–C) groups is 1. The number of unbranched alkanes of at least 4 members (excludes halogenated alkanes) is 3. The molecule has 0 unspecified atom stereocenters. The molecule has 2 heteroatoms. The molecule has 0 spiro atoms. The van der Waals surface area contributed by atoms with E-state index in [-0.39, 0.29) is 5.54 Å². The van der Waals surface area contributed by atoms with E-state index >= 15 is 0 Å². The number of rotatable bonds is 12. The fourth-order valence-corrected chi connectivity index (χ4v) is 20.5. The van der Waals surface area contributed by atoms with Crippen molar-refractivity contribution in [2.45, 2.75) is 112 Å². The molecule has 0 heterocycles. The minimum absolute atomic E-state index is 0.0454. The molecular formula is C21H43NSn. The molecule has 0 bridgehead atoms. The molecule has 0 saturated heterocycles. The first kappa shape index (κ1) is 23.2. The van der Waals surface area contributed by atoms with Gasteiger partial charge in [-0.3, -0.25) is 0 Å². The summed E-state index contributed by atoms with van der Waals surface area (Å²) < 4.78 is 6.54. The van der Waals surface area contributed by atoms with E-state index in [4.69, 9.17) is 4.99 Å². The van der Waals surface area contributed by atoms with Gasteiger partial charge in [-0.05, 0) is 0 Å². The summed E-state index contributed by atoms with van der Waals surface area (Å²) in [4.78, 5) is 4.73. The fraction of sp³-hybridized carbons (Fsp3) is 0.857. The van der Waals surface area contributed by atoms with Gasteiger partial charge in [0.15, 0.2) is 0 Å². The van der Waals surface area contributed by atoms with Crippen LogP contribution in [0.1, 0.15) is 93.4 Å². The Hall–Kier alpha value is 0.209. The van der Waals surface area contributed by atoms with Crippen LogP contribution in [0.4, 0.5) is 0 Å². The molecule has 0 aromatic heterocycles. The van der Waals surface area contributed by atoms with Gasteiger partial charge in [0.2, 0.25) is 0 Å². The van der Waals surface area contributed by atoms with Crippen molar-refractivity contribution in [1.29, 1.82) is 0 Å². The molecule has 0 radical (unpaired) electrons. The van der Waals surface area contributed by atoms with Gasteiger partial charge in [-0.1, -0.05) is 0 Å². The van der Waals surface area contributed by atoms with E-state index in [0.717, 1.165) is 0 Å². The van der Waals surface area contributed by atoms with Crippen molar-refractivity contribution in [2.75, 3.05) is 0 Å². The van der Waals surface area contributed by atoms with Crippen molar-refractivity contribution in [3.05, 3.63) is 9.67 Å². The molecule has 136 valence electrons. The maximum absolute atomic E-state index is 4.73. The molecule has 0 aromatic rings. The summed E-state index contributed by atoms with van der Waals surface area (Å²) in [6.07, 6.45) is 14.2. The zero-order valence-electron chi connectivity index (χ0n) is 17.2. The van der Waals surface area contributed by atoms with Crippen molar-refractivity contribution in [1.82, 2.24) is 0 Å². The van der Waals surface area contributed by atoms with Crippen molar-refractivity contribution in [3.8, 4) is 0 Å². The summed E-state index contributed by atoms with van der Waals surface area (Å²) in [6.45, 7) is 16.0. The Kier molecular flexibility index (Phi) is 12.7. The third-order valence-corrected chi connectivity index (χ3v) is 21.4. The van der Waals surface area contributed by atoms with Gasteiger partial charge in [0.25, 0.3) is 0 Å². The van der Waals surface area contributed by atoms with Gasteiger partial charge in [0.05, 0.1) is 0 Å². The Morgan fingerprint density at radius 1 is 0.826 bits per heavy atom. The molecule has 0 aromatic carbocycles. The molecule has 1 nitrogen and oxygen atoms in total. The fourth-order valence-electron chi connectivity index (χ4n) is 3.42. The van der Waals surface area contributed by atoms with Gasteiger partial charge >= 0.3 is 152 Å². The first-order valence-corrected chi connectivity index (χ1v) is 17.6. The molecule has 0 rings (SSSR count). The molecule has 0 aliphatic heterocycles. The molecule has 0 atom stereocenters. The second kappa shape index (κ2) is 12.6. The van der Waals surface area contributed by atoms with Crippen LogP contribution >= 0.6 is 0 Å². The zero-order chi connectivity index (χ0) is 17.8. The van der Waals surface area contributed by atoms with Crippen molar-refractivity contribution in [3.63, 3.8) is 0 Å².